The molecule has 4 atom stereocenters. The van der Waals surface area contributed by atoms with E-state index in [-0.39, 0.29) is 10.3 Å². The van der Waals surface area contributed by atoms with Crippen molar-refractivity contribution in [2.45, 2.75) is 36.6 Å². The van der Waals surface area contributed by atoms with Crippen LogP contribution in [0, 0.1) is 6.92 Å². The second kappa shape index (κ2) is 7.68. The predicted octanol–water partition coefficient (Wildman–Crippen LogP) is -0.485. The Labute approximate surface area is 153 Å². The third-order valence-electron chi connectivity index (χ3n) is 4.20. The minimum Gasteiger partial charge on any atom is -0.394 e. The summed E-state index contributed by atoms with van der Waals surface area (Å²) in [7, 11) is 0. The molecule has 8 nitrogen and oxygen atoms in total. The van der Waals surface area contributed by atoms with Gasteiger partial charge in [0.25, 0.3) is 0 Å². The summed E-state index contributed by atoms with van der Waals surface area (Å²) >= 11 is 0.784. The molecule has 2 heterocycles. The summed E-state index contributed by atoms with van der Waals surface area (Å²) in [4.78, 5) is 26.9. The van der Waals surface area contributed by atoms with Crippen LogP contribution in [0.3, 0.4) is 0 Å². The number of aliphatic hydroxyl groups excluding tert-OH is 3. The summed E-state index contributed by atoms with van der Waals surface area (Å²) in [6.45, 7) is 1.34. The van der Waals surface area contributed by atoms with Crippen LogP contribution in [-0.2, 0) is 4.74 Å². The monoisotopic (exact) mass is 379 g/mol. The van der Waals surface area contributed by atoms with Crippen LogP contribution in [-0.4, -0.2) is 50.3 Å². The molecule has 1 saturated heterocycles. The average Bonchev–Trinajstić information content (AvgIpc) is 2.90. The van der Waals surface area contributed by atoms with Crippen molar-refractivity contribution >= 4 is 16.9 Å². The van der Waals surface area contributed by atoms with Crippen molar-refractivity contribution in [2.75, 3.05) is 6.61 Å². The Hall–Kier alpha value is -2.04. The fourth-order valence-electron chi connectivity index (χ4n) is 2.76. The van der Waals surface area contributed by atoms with Gasteiger partial charge in [-0.25, -0.2) is 4.79 Å². The number of ether oxygens (including phenoxy) is 1. The summed E-state index contributed by atoms with van der Waals surface area (Å²) in [5, 5.41) is 29.2. The molecule has 1 aromatic carbocycles. The lowest BCUT2D eigenvalue weighted by atomic mass is 10.1. The molecule has 1 aliphatic rings. The van der Waals surface area contributed by atoms with Crippen molar-refractivity contribution in [3.63, 3.8) is 0 Å². The highest BCUT2D eigenvalue weighted by Crippen LogP contribution is 2.27. The molecule has 0 unspecified atom stereocenters. The number of aryl methyl sites for hydroxylation is 1. The van der Waals surface area contributed by atoms with Gasteiger partial charge < -0.3 is 20.1 Å². The number of nitrogens with zero attached hydrogens (tertiary/aromatic N) is 1. The quantitative estimate of drug-likeness (QED) is 0.321. The van der Waals surface area contributed by atoms with Gasteiger partial charge in [-0.15, -0.1) is 0 Å². The molecule has 0 spiro atoms. The maximum Gasteiger partial charge on any atom is 0.335 e. The number of nitrogens with one attached hydrogen (secondary N) is 1. The van der Waals surface area contributed by atoms with Crippen molar-refractivity contribution < 1.29 is 29.4 Å². The van der Waals surface area contributed by atoms with Gasteiger partial charge in [-0.1, -0.05) is 24.3 Å². The van der Waals surface area contributed by atoms with Gasteiger partial charge in [-0.3, -0.25) is 4.79 Å². The van der Waals surface area contributed by atoms with E-state index in [0.29, 0.717) is 5.56 Å². The van der Waals surface area contributed by atoms with Gasteiger partial charge in [0.1, 0.15) is 24.5 Å². The van der Waals surface area contributed by atoms with Crippen LogP contribution >= 0.6 is 11.8 Å². The van der Waals surface area contributed by atoms with Crippen LogP contribution < -0.4 is 10.1 Å². The fraction of sp³-hybridized carbons (Fsp3) is 0.353. The number of hydrogen-bond donors (Lipinski definition) is 4. The lowest BCUT2D eigenvalue weighted by Gasteiger charge is -2.14. The van der Waals surface area contributed by atoms with E-state index in [1.807, 2.05) is 19.1 Å². The van der Waals surface area contributed by atoms with Gasteiger partial charge in [0.2, 0.25) is 11.3 Å². The van der Waals surface area contributed by atoms with Crippen molar-refractivity contribution in [3.05, 3.63) is 58.0 Å². The summed E-state index contributed by atoms with van der Waals surface area (Å²) in [5.41, 5.74) is 0.866. The third kappa shape index (κ3) is 3.57. The molecule has 1 aliphatic heterocycles. The topological polar surface area (TPSA) is 124 Å². The number of carbonyl (C=O) groups excluding carboxylic acids is 1. The van der Waals surface area contributed by atoms with Gasteiger partial charge >= 0.3 is 10.7 Å². The molecule has 2 aromatic rings. The maximum absolute atomic E-state index is 12.6. The van der Waals surface area contributed by atoms with E-state index in [1.54, 1.807) is 12.1 Å². The summed E-state index contributed by atoms with van der Waals surface area (Å²) in [5.74, 6) is 0. The van der Waals surface area contributed by atoms with Crippen LogP contribution in [0.25, 0.3) is 0 Å². The number of aliphatic hydroxyl groups is 3. The molecule has 4 N–H and O–H groups in total. The first-order valence-corrected chi connectivity index (χ1v) is 8.78. The highest BCUT2D eigenvalue weighted by molar-refractivity contribution is 8.13. The van der Waals surface area contributed by atoms with Crippen LogP contribution in [0.5, 0.6) is 0 Å². The second-order valence-electron chi connectivity index (χ2n) is 5.95. The number of aromatic nitrogens is 2. The lowest BCUT2D eigenvalue weighted by Crippen LogP contribution is -2.49. The number of rotatable bonds is 4. The van der Waals surface area contributed by atoms with Gasteiger partial charge in [0, 0.05) is 17.3 Å². The number of benzene rings is 1. The number of thioether (sulfide) groups is 1. The minimum atomic E-state index is -1.32. The van der Waals surface area contributed by atoms with E-state index in [4.69, 9.17) is 4.74 Å². The largest absolute Gasteiger partial charge is 0.394 e. The van der Waals surface area contributed by atoms with E-state index in [9.17, 15) is 24.9 Å². The molecule has 0 amide bonds. The third-order valence-corrected chi connectivity index (χ3v) is 5.11. The van der Waals surface area contributed by atoms with Gasteiger partial charge in [0.05, 0.1) is 12.7 Å². The highest BCUT2D eigenvalue weighted by Gasteiger charge is 2.47. The zero-order valence-corrected chi connectivity index (χ0v) is 14.7. The first-order chi connectivity index (χ1) is 12.4. The number of carbonyl (C=O) groups is 1. The van der Waals surface area contributed by atoms with Crippen molar-refractivity contribution in [3.8, 4) is 0 Å². The Balaban J connectivity index is 1.93. The number of H-pyrrole nitrogens is 1. The molecule has 1 aromatic heterocycles. The van der Waals surface area contributed by atoms with Crippen LogP contribution in [0.1, 0.15) is 22.1 Å². The van der Waals surface area contributed by atoms with E-state index >= 15 is 0 Å². The van der Waals surface area contributed by atoms with Gasteiger partial charge in [-0.2, -0.15) is 9.55 Å². The Bertz CT molecular complexity index is 870. The van der Waals surface area contributed by atoms with Crippen LogP contribution in [0.15, 0.2) is 46.5 Å². The Kier molecular flexibility index (Phi) is 5.54. The molecule has 26 heavy (non-hydrogen) atoms. The lowest BCUT2D eigenvalue weighted by molar-refractivity contribution is -0.800. The van der Waals surface area contributed by atoms with E-state index in [1.165, 1.54) is 16.8 Å². The standard InChI is InChI=1S/C17H18N2O6S/c1-9-4-2-3-5-10(9)16(24)26-17-18-12(21)6-7-19(17)15-14(23)13(22)11(8-20)25-15/h2-7,11,13-15,20,22-23H,8H2,1H3/p+1/t11-,13-,14-,15-/m1/s1. The minimum absolute atomic E-state index is 0.153. The second-order valence-corrected chi connectivity index (χ2v) is 6.91. The molecule has 0 aliphatic carbocycles. The summed E-state index contributed by atoms with van der Waals surface area (Å²) in [6.07, 6.45) is -3.25. The van der Waals surface area contributed by atoms with Crippen molar-refractivity contribution in [1.82, 2.24) is 4.98 Å². The fourth-order valence-corrected chi connectivity index (χ4v) is 3.70. The normalized spacial score (nSPS) is 25.4. The molecule has 138 valence electrons. The van der Waals surface area contributed by atoms with Crippen LogP contribution in [0.2, 0.25) is 0 Å². The smallest absolute Gasteiger partial charge is 0.335 e. The van der Waals surface area contributed by atoms with Gasteiger partial charge in [-0.05, 0) is 12.5 Å². The molecule has 0 bridgehead atoms. The highest BCUT2D eigenvalue weighted by atomic mass is 32.2. The van der Waals surface area contributed by atoms with Crippen molar-refractivity contribution in [2.24, 2.45) is 0 Å². The first kappa shape index (κ1) is 18.7. The molecular weight excluding hydrogens is 360 g/mol. The Morgan fingerprint density at radius 2 is 2.00 bits per heavy atom. The number of aromatic amines is 1. The molecule has 9 heteroatoms. The average molecular weight is 379 g/mol. The van der Waals surface area contributed by atoms with Crippen LogP contribution in [0.4, 0.5) is 0 Å². The van der Waals surface area contributed by atoms with E-state index in [0.717, 1.165) is 17.3 Å². The van der Waals surface area contributed by atoms with Crippen molar-refractivity contribution in [1.29, 1.82) is 0 Å². The molecule has 3 rings (SSSR count). The molecule has 0 saturated carbocycles. The SMILES string of the molecule is Cc1ccccc1C(=O)Sc1[nH]c(=O)cc[n+]1[C@@H]1O[C@H](CO)[C@@H](O)[C@H]1O. The first-order valence-electron chi connectivity index (χ1n) is 7.97. The number of hydrogen-bond acceptors (Lipinski definition) is 7. The predicted molar refractivity (Wildman–Crippen MR) is 91.6 cm³/mol. The summed E-state index contributed by atoms with van der Waals surface area (Å²) < 4.78 is 6.85. The molecular formula is C17H19N2O6S+. The zero-order valence-electron chi connectivity index (χ0n) is 13.9. The van der Waals surface area contributed by atoms with Gasteiger partial charge in [0.15, 0.2) is 0 Å². The summed E-state index contributed by atoms with van der Waals surface area (Å²) in [6, 6.07) is 8.27. The van der Waals surface area contributed by atoms with E-state index in [2.05, 4.69) is 4.98 Å². The molecule has 1 fully saturated rings. The zero-order chi connectivity index (χ0) is 18.8. The van der Waals surface area contributed by atoms with E-state index < -0.39 is 36.7 Å². The molecule has 0 radical (unpaired) electrons. The Morgan fingerprint density at radius 1 is 1.27 bits per heavy atom. The Morgan fingerprint density at radius 3 is 2.65 bits per heavy atom. The maximum atomic E-state index is 12.6.